The predicted octanol–water partition coefficient (Wildman–Crippen LogP) is 17.6. The summed E-state index contributed by atoms with van der Waals surface area (Å²) < 4.78 is 78.0. The number of rotatable bonds is 7. The first-order valence-corrected chi connectivity index (χ1v) is 21.7. The zero-order chi connectivity index (χ0) is 49.7. The quantitative estimate of drug-likeness (QED) is 0.145. The summed E-state index contributed by atoms with van der Waals surface area (Å²) in [4.78, 5) is 1.39. The van der Waals surface area contributed by atoms with Gasteiger partial charge in [-0.2, -0.15) is 0 Å². The second-order valence-electron chi connectivity index (χ2n) is 17.0. The Morgan fingerprint density at radius 3 is 1.66 bits per heavy atom. The molecule has 0 bridgehead atoms. The van der Waals surface area contributed by atoms with Crippen molar-refractivity contribution in [2.24, 2.45) is 0 Å². The zero-order valence-electron chi connectivity index (χ0n) is 43.3. The summed E-state index contributed by atoms with van der Waals surface area (Å²) in [5, 5.41) is 5.68. The highest BCUT2D eigenvalue weighted by Crippen LogP contribution is 2.52. The molecule has 0 radical (unpaired) electrons. The largest absolute Gasteiger partial charge is 0.311 e. The first-order chi connectivity index (χ1) is 34.8. The van der Waals surface area contributed by atoms with Crippen molar-refractivity contribution in [1.82, 2.24) is 0 Å². The molecule has 0 fully saturated rings. The molecule has 1 aliphatic rings. The van der Waals surface area contributed by atoms with Crippen molar-refractivity contribution in [3.8, 4) is 55.6 Å². The third-order valence-corrected chi connectivity index (χ3v) is 13.0. The van der Waals surface area contributed by atoms with Crippen LogP contribution >= 0.6 is 0 Å². The fourth-order valence-electron chi connectivity index (χ4n) is 9.94. The molecule has 0 N–H and O–H groups in total. The number of fused-ring (bicyclic) bond motifs is 7. The van der Waals surface area contributed by atoms with E-state index in [1.54, 1.807) is 18.2 Å². The van der Waals surface area contributed by atoms with E-state index in [0.29, 0.717) is 16.8 Å². The number of nitrogens with zero attached hydrogens (tertiary/aromatic N) is 1. The lowest BCUT2D eigenvalue weighted by molar-refractivity contribution is 0.662. The molecule has 1 aliphatic carbocycles. The van der Waals surface area contributed by atoms with E-state index >= 15 is 0 Å². The van der Waals surface area contributed by atoms with Gasteiger partial charge in [0.25, 0.3) is 0 Å². The van der Waals surface area contributed by atoms with E-state index in [1.165, 1.54) is 21.6 Å². The van der Waals surface area contributed by atoms with Gasteiger partial charge < -0.3 is 4.90 Å². The summed E-state index contributed by atoms with van der Waals surface area (Å²) >= 11 is 0. The van der Waals surface area contributed by atoms with Crippen LogP contribution in [-0.2, 0) is 5.41 Å². The van der Waals surface area contributed by atoms with Crippen molar-refractivity contribution in [1.29, 1.82) is 0 Å². The zero-order valence-corrected chi connectivity index (χ0v) is 35.3. The molecular formula is C63H45N. The van der Waals surface area contributed by atoms with Gasteiger partial charge in [0.05, 0.1) is 11.0 Å². The molecule has 0 heterocycles. The Kier molecular flexibility index (Phi) is 7.11. The van der Waals surface area contributed by atoms with E-state index in [1.807, 2.05) is 121 Å². The standard InChI is InChI=1S/C63H45N/c1-63(2)61-27-10-9-23-58(61)59-26-13-25-55(62(59)63)44-30-36-50(37-31-44)64(51-38-32-45(33-39-51)60-41-48-15-4-6-20-54(48)56-21-7-8-22-57(56)60)49-34-28-42(29-35-49)46-17-11-18-47(40-46)53-24-12-16-43-14-3-5-19-52(43)53/h3-41H,1-2H3/i28D,29D,32D,33D,34D,35D,38D,39D. The van der Waals surface area contributed by atoms with Crippen LogP contribution in [0.3, 0.4) is 0 Å². The van der Waals surface area contributed by atoms with Crippen LogP contribution in [0.5, 0.6) is 0 Å². The molecule has 11 aromatic rings. The third kappa shape index (κ3) is 6.23. The molecule has 1 heteroatoms. The highest BCUT2D eigenvalue weighted by Gasteiger charge is 2.37. The number of anilines is 3. The van der Waals surface area contributed by atoms with Gasteiger partial charge in [-0.25, -0.2) is 0 Å². The lowest BCUT2D eigenvalue weighted by Gasteiger charge is -2.27. The second-order valence-corrected chi connectivity index (χ2v) is 17.0. The number of benzene rings is 11. The molecule has 0 unspecified atom stereocenters. The second kappa shape index (κ2) is 15.1. The molecule has 1 nitrogen and oxygen atoms in total. The third-order valence-electron chi connectivity index (χ3n) is 13.0. The van der Waals surface area contributed by atoms with Gasteiger partial charge in [0.1, 0.15) is 0 Å². The molecule has 11 aromatic carbocycles. The van der Waals surface area contributed by atoms with E-state index in [-0.39, 0.29) is 52.1 Å². The van der Waals surface area contributed by atoms with E-state index in [4.69, 9.17) is 0 Å². The predicted molar refractivity (Wildman–Crippen MR) is 273 cm³/mol. The topological polar surface area (TPSA) is 3.24 Å². The van der Waals surface area contributed by atoms with Crippen molar-refractivity contribution in [3.63, 3.8) is 0 Å². The van der Waals surface area contributed by atoms with Crippen LogP contribution in [0.2, 0.25) is 0 Å². The summed E-state index contributed by atoms with van der Waals surface area (Å²) in [6.45, 7) is 4.46. The highest BCUT2D eigenvalue weighted by molar-refractivity contribution is 6.13. The van der Waals surface area contributed by atoms with Crippen molar-refractivity contribution >= 4 is 49.4 Å². The van der Waals surface area contributed by atoms with Crippen LogP contribution < -0.4 is 4.90 Å². The minimum absolute atomic E-state index is 0.103. The molecule has 0 saturated carbocycles. The van der Waals surface area contributed by atoms with Gasteiger partial charge in [-0.05, 0) is 148 Å². The van der Waals surface area contributed by atoms with Gasteiger partial charge in [0.15, 0.2) is 0 Å². The van der Waals surface area contributed by atoms with Crippen molar-refractivity contribution in [2.45, 2.75) is 19.3 Å². The molecule has 0 saturated heterocycles. The Hall–Kier alpha value is -8.00. The van der Waals surface area contributed by atoms with Gasteiger partial charge in [0, 0.05) is 22.5 Å². The van der Waals surface area contributed by atoms with Gasteiger partial charge in [-0.1, -0.05) is 202 Å². The Morgan fingerprint density at radius 1 is 0.328 bits per heavy atom. The maximum Gasteiger partial charge on any atom is 0.0645 e. The molecule has 0 aromatic heterocycles. The maximum absolute atomic E-state index is 9.83. The summed E-state index contributed by atoms with van der Waals surface area (Å²) in [5.41, 5.74) is 9.43. The highest BCUT2D eigenvalue weighted by atomic mass is 15.1. The Bertz CT molecular complexity index is 4000. The van der Waals surface area contributed by atoms with Crippen molar-refractivity contribution < 1.29 is 11.0 Å². The van der Waals surface area contributed by atoms with Crippen LogP contribution in [0, 0.1) is 0 Å². The summed E-state index contributed by atoms with van der Waals surface area (Å²) in [5.74, 6) is 0. The normalized spacial score (nSPS) is 14.4. The van der Waals surface area contributed by atoms with Gasteiger partial charge >= 0.3 is 0 Å². The molecule has 302 valence electrons. The number of hydrogen-bond acceptors (Lipinski definition) is 1. The minimum atomic E-state index is -0.396. The Morgan fingerprint density at radius 2 is 0.875 bits per heavy atom. The van der Waals surface area contributed by atoms with Crippen molar-refractivity contribution in [3.05, 3.63) is 248 Å². The van der Waals surface area contributed by atoms with Crippen LogP contribution in [0.1, 0.15) is 35.9 Å². The van der Waals surface area contributed by atoms with Gasteiger partial charge in [-0.15, -0.1) is 0 Å². The molecule has 0 aliphatic heterocycles. The summed E-state index contributed by atoms with van der Waals surface area (Å²) in [7, 11) is 0. The Balaban J connectivity index is 1.06. The first-order valence-electron chi connectivity index (χ1n) is 25.7. The van der Waals surface area contributed by atoms with Gasteiger partial charge in [-0.3, -0.25) is 0 Å². The summed E-state index contributed by atoms with van der Waals surface area (Å²) in [6.07, 6.45) is 0. The fraction of sp³-hybridized carbons (Fsp3) is 0.0476. The lowest BCUT2D eigenvalue weighted by atomic mass is 9.79. The molecule has 0 atom stereocenters. The molecule has 0 amide bonds. The van der Waals surface area contributed by atoms with Gasteiger partial charge in [0.2, 0.25) is 0 Å². The number of hydrogen-bond donors (Lipinski definition) is 0. The SMILES string of the molecule is [2H]c1c([2H])c(N(c2ccc(-c3cccc4c3C(C)(C)c3ccccc3-4)cc2)c2c([2H])c([2H])c(-c3cc4ccccc4c4ccccc34)c([2H])c2[2H])c([2H])c([2H])c1-c1cccc(-c2cccc3ccccc23)c1. The van der Waals surface area contributed by atoms with E-state index in [9.17, 15) is 11.0 Å². The lowest BCUT2D eigenvalue weighted by Crippen LogP contribution is -2.16. The summed E-state index contributed by atoms with van der Waals surface area (Å²) in [6, 6.07) is 58.7. The molecule has 64 heavy (non-hydrogen) atoms. The van der Waals surface area contributed by atoms with Crippen LogP contribution in [0.15, 0.2) is 236 Å². The van der Waals surface area contributed by atoms with E-state index in [2.05, 4.69) is 62.4 Å². The van der Waals surface area contributed by atoms with E-state index < -0.39 is 24.2 Å². The van der Waals surface area contributed by atoms with Crippen molar-refractivity contribution in [2.75, 3.05) is 4.90 Å². The molecule has 12 rings (SSSR count). The van der Waals surface area contributed by atoms with E-state index in [0.717, 1.165) is 60.1 Å². The minimum Gasteiger partial charge on any atom is -0.311 e. The average Bonchev–Trinajstić information content (AvgIpc) is 3.65. The molecule has 0 spiro atoms. The molecular weight excluding hydrogens is 771 g/mol. The van der Waals surface area contributed by atoms with Crippen LogP contribution in [-0.4, -0.2) is 0 Å². The average molecular weight is 824 g/mol. The monoisotopic (exact) mass is 823 g/mol. The fourth-order valence-corrected chi connectivity index (χ4v) is 9.94. The smallest absolute Gasteiger partial charge is 0.0645 e. The van der Waals surface area contributed by atoms with Crippen LogP contribution in [0.25, 0.3) is 88.0 Å². The first kappa shape index (κ1) is 30.1. The van der Waals surface area contributed by atoms with Crippen LogP contribution in [0.4, 0.5) is 17.1 Å². The Labute approximate surface area is 386 Å². The maximum atomic E-state index is 9.83.